The first-order chi connectivity index (χ1) is 48.5. The molecule has 16 aromatic rings. The lowest BCUT2D eigenvalue weighted by Gasteiger charge is -2.39. The van der Waals surface area contributed by atoms with Gasteiger partial charge in [-0.3, -0.25) is 0 Å². The van der Waals surface area contributed by atoms with Crippen LogP contribution in [0.3, 0.4) is 0 Å². The Labute approximate surface area is 576 Å². The van der Waals surface area contributed by atoms with E-state index in [1.54, 1.807) is 0 Å². The van der Waals surface area contributed by atoms with Gasteiger partial charge in [0.05, 0.1) is 0 Å². The smallest absolute Gasteiger partial charge is 0.179 e. The summed E-state index contributed by atoms with van der Waals surface area (Å²) in [6.45, 7) is 0. The van der Waals surface area contributed by atoms with Crippen LogP contribution in [0.15, 0.2) is 406 Å². The molecule has 0 aliphatic carbocycles. The van der Waals surface area contributed by atoms with E-state index in [9.17, 15) is 0 Å². The molecule has 15 aromatic carbocycles. The van der Waals surface area contributed by atoms with Crippen molar-refractivity contribution in [1.29, 1.82) is 0 Å². The van der Waals surface area contributed by atoms with Gasteiger partial charge in [-0.05, 0) is 108 Å². The molecule has 0 atom stereocenters. The summed E-state index contributed by atoms with van der Waals surface area (Å²) in [6, 6.07) is 150. The van der Waals surface area contributed by atoms with E-state index in [0.29, 0.717) is 17.5 Å². The van der Waals surface area contributed by atoms with Crippen LogP contribution < -0.4 is 41.5 Å². The summed E-state index contributed by atoms with van der Waals surface area (Å²) < 4.78 is 0. The van der Waals surface area contributed by atoms with Gasteiger partial charge in [0, 0.05) is 16.7 Å². The Balaban J connectivity index is 1.06. The maximum Gasteiger partial charge on any atom is 0.179 e. The minimum atomic E-state index is -3.61. The third kappa shape index (κ3) is 11.9. The lowest BCUT2D eigenvalue weighted by molar-refractivity contribution is 1.07. The van der Waals surface area contributed by atoms with E-state index in [-0.39, 0.29) is 0 Å². The molecular weight excluding hydrogens is 1220 g/mol. The van der Waals surface area contributed by atoms with Crippen LogP contribution >= 0.6 is 0 Å². The summed E-state index contributed by atoms with van der Waals surface area (Å²) in [6.07, 6.45) is 0. The summed E-state index contributed by atoms with van der Waals surface area (Å²) in [5.41, 5.74) is 16.6. The van der Waals surface area contributed by atoms with E-state index in [4.69, 9.17) is 15.0 Å². The molecule has 16 rings (SSSR count). The van der Waals surface area contributed by atoms with Crippen LogP contribution in [0.2, 0.25) is 0 Å². The highest BCUT2D eigenvalue weighted by Gasteiger charge is 2.47. The van der Waals surface area contributed by atoms with Gasteiger partial charge in [0.25, 0.3) is 0 Å². The van der Waals surface area contributed by atoms with Crippen LogP contribution in [0.1, 0.15) is 0 Å². The van der Waals surface area contributed by atoms with Crippen LogP contribution in [-0.2, 0) is 0 Å². The fraction of sp³-hybridized carbons (Fsp3) is 0. The van der Waals surface area contributed by atoms with Crippen molar-refractivity contribution in [3.63, 3.8) is 0 Å². The molecule has 0 N–H and O–H groups in total. The van der Waals surface area contributed by atoms with Gasteiger partial charge >= 0.3 is 0 Å². The molecule has 0 amide bonds. The number of nitrogens with zero attached hydrogens (tertiary/aromatic N) is 3. The van der Waals surface area contributed by atoms with E-state index in [0.717, 1.165) is 50.1 Å². The van der Waals surface area contributed by atoms with Crippen molar-refractivity contribution in [2.75, 3.05) is 0 Å². The molecule has 0 spiro atoms. The molecule has 0 fully saturated rings. The Bertz CT molecular complexity index is 4590. The van der Waals surface area contributed by atoms with Crippen molar-refractivity contribution in [3.8, 4) is 101 Å². The average Bonchev–Trinajstić information content (AvgIpc) is 0.712. The van der Waals surface area contributed by atoms with E-state index in [2.05, 4.69) is 394 Å². The predicted octanol–water partition coefficient (Wildman–Crippen LogP) is 17.6. The summed E-state index contributed by atoms with van der Waals surface area (Å²) in [7, 11) is -7.22. The number of rotatable bonds is 17. The van der Waals surface area contributed by atoms with Gasteiger partial charge in [-0.25, -0.2) is 15.0 Å². The maximum atomic E-state index is 5.66. The second-order valence-electron chi connectivity index (χ2n) is 25.0. The highest BCUT2D eigenvalue weighted by molar-refractivity contribution is 7.22. The SMILES string of the molecule is c1ccc(-c2ccc([Si](c3ccc(-c4ccccc4)cc3)(c3ccc(-c4ccccc4)cc3)c3cc(-c4nc(-c5ccccc5)nc(-c5ccccc5)n4)cc([Si](c4ccc(-c5ccccc5)cc4)(c4ccc(-c5ccccc5)cc4)c4ccc(-c5ccccc5)cc4)c3)cc2)cc1. The predicted molar refractivity (Wildman–Crippen MR) is 416 cm³/mol. The summed E-state index contributed by atoms with van der Waals surface area (Å²) in [4.78, 5) is 16.6. The molecule has 0 aliphatic heterocycles. The van der Waals surface area contributed by atoms with Gasteiger partial charge in [0.2, 0.25) is 0 Å². The van der Waals surface area contributed by atoms with Gasteiger partial charge in [0.1, 0.15) is 0 Å². The van der Waals surface area contributed by atoms with E-state index >= 15 is 0 Å². The minimum Gasteiger partial charge on any atom is -0.208 e. The monoisotopic (exact) mass is 1280 g/mol. The quantitative estimate of drug-likeness (QED) is 0.0674. The van der Waals surface area contributed by atoms with Gasteiger partial charge < -0.3 is 0 Å². The maximum absolute atomic E-state index is 5.66. The zero-order valence-corrected chi connectivity index (χ0v) is 56.0. The first-order valence-corrected chi connectivity index (χ1v) is 37.5. The fourth-order valence-corrected chi connectivity index (χ4v) is 24.0. The Morgan fingerprint density at radius 1 is 0.122 bits per heavy atom. The first kappa shape index (κ1) is 60.7. The average molecular weight is 1280 g/mol. The highest BCUT2D eigenvalue weighted by atomic mass is 28.3. The van der Waals surface area contributed by atoms with E-state index < -0.39 is 16.1 Å². The molecule has 462 valence electrons. The molecule has 98 heavy (non-hydrogen) atoms. The minimum absolute atomic E-state index is 0.586. The zero-order valence-electron chi connectivity index (χ0n) is 54.0. The fourth-order valence-electron chi connectivity index (χ4n) is 14.4. The molecule has 0 bridgehead atoms. The molecule has 3 nitrogen and oxygen atoms in total. The second-order valence-corrected chi connectivity index (χ2v) is 32.6. The molecular formula is C93H67N3Si2. The Kier molecular flexibility index (Phi) is 16.9. The van der Waals surface area contributed by atoms with Crippen molar-refractivity contribution < 1.29 is 0 Å². The van der Waals surface area contributed by atoms with Crippen LogP contribution in [0.25, 0.3) is 101 Å². The standard InChI is InChI=1S/C93H67N3Si2/c1-9-25-68(26-10-1)74-41-53-83(54-42-74)97(84-55-43-75(44-56-84)69-27-11-2-12-28-69,85-57-45-76(46-58-85)70-29-13-3-14-30-70)89-65-82(93-95-91(80-37-21-7-22-38-80)94-92(96-93)81-39-23-8-24-40-81)66-90(67-89)98(86-59-47-77(48-60-86)71-31-15-4-16-32-71,87-61-49-78(50-62-87)72-33-17-5-18-34-72)88-63-51-79(52-64-88)73-35-19-6-20-36-73/h1-67H. The Hall–Kier alpha value is -12.3. The molecule has 0 saturated heterocycles. The van der Waals surface area contributed by atoms with Crippen LogP contribution in [0, 0.1) is 0 Å². The topological polar surface area (TPSA) is 38.7 Å². The second kappa shape index (κ2) is 27.2. The molecule has 0 radical (unpaired) electrons. The number of aromatic nitrogens is 3. The van der Waals surface area contributed by atoms with Gasteiger partial charge in [-0.15, -0.1) is 0 Å². The van der Waals surface area contributed by atoms with Crippen molar-refractivity contribution in [2.45, 2.75) is 0 Å². The molecule has 0 unspecified atom stereocenters. The van der Waals surface area contributed by atoms with Crippen molar-refractivity contribution in [3.05, 3.63) is 406 Å². The summed E-state index contributed by atoms with van der Waals surface area (Å²) in [5, 5.41) is 9.83. The van der Waals surface area contributed by atoms with Crippen LogP contribution in [0.4, 0.5) is 0 Å². The molecule has 1 heterocycles. The zero-order chi connectivity index (χ0) is 65.5. The van der Waals surface area contributed by atoms with Gasteiger partial charge in [-0.2, -0.15) is 0 Å². The van der Waals surface area contributed by atoms with Crippen molar-refractivity contribution in [2.24, 2.45) is 0 Å². The third-order valence-electron chi connectivity index (χ3n) is 19.3. The van der Waals surface area contributed by atoms with Gasteiger partial charge in [-0.1, -0.05) is 406 Å². The van der Waals surface area contributed by atoms with E-state index in [1.165, 1.54) is 74.9 Å². The van der Waals surface area contributed by atoms with Crippen molar-refractivity contribution in [1.82, 2.24) is 15.0 Å². The van der Waals surface area contributed by atoms with Crippen molar-refractivity contribution >= 4 is 57.6 Å². The number of benzene rings is 15. The lowest BCUT2D eigenvalue weighted by atomic mass is 10.1. The molecule has 0 saturated carbocycles. The largest absolute Gasteiger partial charge is 0.208 e. The van der Waals surface area contributed by atoms with Crippen LogP contribution in [-0.4, -0.2) is 31.1 Å². The van der Waals surface area contributed by atoms with E-state index in [1.807, 2.05) is 12.1 Å². The lowest BCUT2D eigenvalue weighted by Crippen LogP contribution is -2.78. The Morgan fingerprint density at radius 3 is 0.459 bits per heavy atom. The highest BCUT2D eigenvalue weighted by Crippen LogP contribution is 2.30. The first-order valence-electron chi connectivity index (χ1n) is 33.5. The normalized spacial score (nSPS) is 11.5. The van der Waals surface area contributed by atoms with Crippen LogP contribution in [0.5, 0.6) is 0 Å². The number of hydrogen-bond donors (Lipinski definition) is 0. The third-order valence-corrected chi connectivity index (χ3v) is 28.8. The molecule has 1 aromatic heterocycles. The summed E-state index contributed by atoms with van der Waals surface area (Å²) >= 11 is 0. The summed E-state index contributed by atoms with van der Waals surface area (Å²) in [5.74, 6) is 1.79. The molecule has 0 aliphatic rings. The van der Waals surface area contributed by atoms with Gasteiger partial charge in [0.15, 0.2) is 33.6 Å². The molecule has 5 heteroatoms. The number of hydrogen-bond acceptors (Lipinski definition) is 3. The Morgan fingerprint density at radius 2 is 0.276 bits per heavy atom.